The normalized spacial score (nSPS) is 19.1. The molecule has 0 aliphatic carbocycles. The van der Waals surface area contributed by atoms with Crippen molar-refractivity contribution in [3.63, 3.8) is 0 Å². The lowest BCUT2D eigenvalue weighted by atomic mass is 9.87. The lowest BCUT2D eigenvalue weighted by molar-refractivity contribution is -0.141. The van der Waals surface area contributed by atoms with Gasteiger partial charge in [-0.3, -0.25) is 5.43 Å². The number of piperidine rings is 1. The molecular formula is C12H23N3O3. The SMILES string of the molecule is CC(C)(C)[C@H](NC(=O)NN1CCCCC1)C(=O)O. The predicted octanol–water partition coefficient (Wildman–Crippen LogP) is 1.19. The Morgan fingerprint density at radius 2 is 1.72 bits per heavy atom. The summed E-state index contributed by atoms with van der Waals surface area (Å²) in [6.07, 6.45) is 3.30. The lowest BCUT2D eigenvalue weighted by Gasteiger charge is -2.31. The van der Waals surface area contributed by atoms with Crippen LogP contribution in [0.2, 0.25) is 0 Å². The summed E-state index contributed by atoms with van der Waals surface area (Å²) in [5.74, 6) is -1.02. The number of hydrogen-bond acceptors (Lipinski definition) is 3. The molecule has 0 aromatic carbocycles. The van der Waals surface area contributed by atoms with Crippen molar-refractivity contribution in [3.05, 3.63) is 0 Å². The van der Waals surface area contributed by atoms with E-state index in [9.17, 15) is 9.59 Å². The molecule has 0 spiro atoms. The second-order valence-electron chi connectivity index (χ2n) is 5.77. The fourth-order valence-electron chi connectivity index (χ4n) is 1.96. The minimum Gasteiger partial charge on any atom is -0.480 e. The third-order valence-electron chi connectivity index (χ3n) is 3.00. The van der Waals surface area contributed by atoms with Crippen LogP contribution in [-0.2, 0) is 4.79 Å². The number of aliphatic carboxylic acids is 1. The van der Waals surface area contributed by atoms with Gasteiger partial charge >= 0.3 is 12.0 Å². The maximum atomic E-state index is 11.7. The first-order chi connectivity index (χ1) is 8.30. The Labute approximate surface area is 108 Å². The first-order valence-electron chi connectivity index (χ1n) is 6.35. The number of amides is 2. The first kappa shape index (κ1) is 14.8. The topological polar surface area (TPSA) is 81.7 Å². The third kappa shape index (κ3) is 4.52. The summed E-state index contributed by atoms with van der Waals surface area (Å²) in [5.41, 5.74) is 2.17. The van der Waals surface area contributed by atoms with E-state index in [-0.39, 0.29) is 0 Å². The van der Waals surface area contributed by atoms with E-state index in [1.807, 2.05) is 5.01 Å². The Bertz CT molecular complexity index is 306. The number of carboxylic acid groups (broad SMARTS) is 1. The van der Waals surface area contributed by atoms with E-state index in [0.29, 0.717) is 0 Å². The molecule has 1 aliphatic heterocycles. The standard InChI is InChI=1S/C12H23N3O3/c1-12(2,3)9(10(16)17)13-11(18)14-15-7-5-4-6-8-15/h9H,4-8H2,1-3H3,(H,16,17)(H2,13,14,18)/t9-/m1/s1. The van der Waals surface area contributed by atoms with Gasteiger partial charge in [-0.2, -0.15) is 0 Å². The van der Waals surface area contributed by atoms with Crippen LogP contribution >= 0.6 is 0 Å². The molecule has 104 valence electrons. The zero-order chi connectivity index (χ0) is 13.8. The average molecular weight is 257 g/mol. The van der Waals surface area contributed by atoms with Crippen molar-refractivity contribution in [3.8, 4) is 0 Å². The van der Waals surface area contributed by atoms with Crippen molar-refractivity contribution in [2.45, 2.75) is 46.1 Å². The Hall–Kier alpha value is -1.30. The molecule has 0 aromatic rings. The van der Waals surface area contributed by atoms with Crippen LogP contribution in [0.25, 0.3) is 0 Å². The lowest BCUT2D eigenvalue weighted by Crippen LogP contribution is -2.56. The van der Waals surface area contributed by atoms with E-state index in [1.54, 1.807) is 20.8 Å². The minimum atomic E-state index is -1.02. The third-order valence-corrected chi connectivity index (χ3v) is 3.00. The first-order valence-corrected chi connectivity index (χ1v) is 6.35. The van der Waals surface area contributed by atoms with Gasteiger partial charge in [-0.05, 0) is 18.3 Å². The van der Waals surface area contributed by atoms with Crippen LogP contribution in [-0.4, -0.2) is 41.2 Å². The molecule has 1 atom stereocenters. The van der Waals surface area contributed by atoms with E-state index in [0.717, 1.165) is 25.9 Å². The molecule has 18 heavy (non-hydrogen) atoms. The molecule has 1 fully saturated rings. The average Bonchev–Trinajstić information content (AvgIpc) is 2.25. The van der Waals surface area contributed by atoms with Gasteiger partial charge in [0.25, 0.3) is 0 Å². The molecule has 1 heterocycles. The molecule has 1 aliphatic rings. The molecule has 3 N–H and O–H groups in total. The van der Waals surface area contributed by atoms with Gasteiger partial charge in [0.15, 0.2) is 0 Å². The summed E-state index contributed by atoms with van der Waals surface area (Å²) >= 11 is 0. The van der Waals surface area contributed by atoms with Gasteiger partial charge in [0.1, 0.15) is 6.04 Å². The summed E-state index contributed by atoms with van der Waals surface area (Å²) in [6.45, 7) is 6.99. The van der Waals surface area contributed by atoms with Gasteiger partial charge in [-0.15, -0.1) is 0 Å². The monoisotopic (exact) mass is 257 g/mol. The van der Waals surface area contributed by atoms with Crippen molar-refractivity contribution in [1.29, 1.82) is 0 Å². The van der Waals surface area contributed by atoms with Crippen molar-refractivity contribution in [2.24, 2.45) is 5.41 Å². The van der Waals surface area contributed by atoms with E-state index >= 15 is 0 Å². The Kier molecular flexibility index (Phi) is 4.95. The van der Waals surface area contributed by atoms with Crippen LogP contribution < -0.4 is 10.7 Å². The Morgan fingerprint density at radius 1 is 1.17 bits per heavy atom. The molecule has 6 heteroatoms. The molecule has 0 aromatic heterocycles. The van der Waals surface area contributed by atoms with Gasteiger partial charge in [0, 0.05) is 13.1 Å². The fourth-order valence-corrected chi connectivity index (χ4v) is 1.96. The molecular weight excluding hydrogens is 234 g/mol. The molecule has 6 nitrogen and oxygen atoms in total. The fraction of sp³-hybridized carbons (Fsp3) is 0.833. The number of carboxylic acids is 1. The van der Waals surface area contributed by atoms with Crippen LogP contribution in [0.1, 0.15) is 40.0 Å². The smallest absolute Gasteiger partial charge is 0.330 e. The minimum absolute atomic E-state index is 0.445. The summed E-state index contributed by atoms with van der Waals surface area (Å²) in [4.78, 5) is 22.9. The summed E-state index contributed by atoms with van der Waals surface area (Å²) in [6, 6.07) is -1.35. The van der Waals surface area contributed by atoms with E-state index in [1.165, 1.54) is 6.42 Å². The van der Waals surface area contributed by atoms with Crippen LogP contribution in [0.15, 0.2) is 0 Å². The zero-order valence-corrected chi connectivity index (χ0v) is 11.3. The highest BCUT2D eigenvalue weighted by atomic mass is 16.4. The van der Waals surface area contributed by atoms with Crippen LogP contribution in [0.3, 0.4) is 0 Å². The number of rotatable bonds is 3. The number of hydrogen-bond donors (Lipinski definition) is 3. The molecule has 0 saturated carbocycles. The Balaban J connectivity index is 2.48. The van der Waals surface area contributed by atoms with Crippen molar-refractivity contribution < 1.29 is 14.7 Å². The van der Waals surface area contributed by atoms with Crippen molar-refractivity contribution >= 4 is 12.0 Å². The van der Waals surface area contributed by atoms with Gasteiger partial charge in [-0.25, -0.2) is 14.6 Å². The highest BCUT2D eigenvalue weighted by molar-refractivity contribution is 5.82. The number of hydrazine groups is 1. The van der Waals surface area contributed by atoms with Crippen LogP contribution in [0, 0.1) is 5.41 Å². The van der Waals surface area contributed by atoms with E-state index in [2.05, 4.69) is 10.7 Å². The molecule has 1 saturated heterocycles. The van der Waals surface area contributed by atoms with E-state index in [4.69, 9.17) is 5.11 Å². The van der Waals surface area contributed by atoms with Crippen LogP contribution in [0.4, 0.5) is 4.79 Å². The Morgan fingerprint density at radius 3 is 2.17 bits per heavy atom. The number of carbonyl (C=O) groups excluding carboxylic acids is 1. The summed E-state index contributed by atoms with van der Waals surface area (Å²) < 4.78 is 0. The van der Waals surface area contributed by atoms with Gasteiger partial charge in [0.05, 0.1) is 0 Å². The highest BCUT2D eigenvalue weighted by Gasteiger charge is 2.32. The van der Waals surface area contributed by atoms with Crippen molar-refractivity contribution in [1.82, 2.24) is 15.8 Å². The zero-order valence-electron chi connectivity index (χ0n) is 11.3. The highest BCUT2D eigenvalue weighted by Crippen LogP contribution is 2.19. The predicted molar refractivity (Wildman–Crippen MR) is 68.0 cm³/mol. The van der Waals surface area contributed by atoms with Gasteiger partial charge in [0.2, 0.25) is 0 Å². The van der Waals surface area contributed by atoms with Crippen molar-refractivity contribution in [2.75, 3.05) is 13.1 Å². The van der Waals surface area contributed by atoms with E-state index < -0.39 is 23.5 Å². The maximum absolute atomic E-state index is 11.7. The quantitative estimate of drug-likeness (QED) is 0.709. The second kappa shape index (κ2) is 6.04. The summed E-state index contributed by atoms with van der Waals surface area (Å²) in [7, 11) is 0. The van der Waals surface area contributed by atoms with Gasteiger partial charge in [-0.1, -0.05) is 27.2 Å². The molecule has 1 rings (SSSR count). The number of nitrogens with zero attached hydrogens (tertiary/aromatic N) is 1. The van der Waals surface area contributed by atoms with Gasteiger partial charge < -0.3 is 10.4 Å². The largest absolute Gasteiger partial charge is 0.480 e. The maximum Gasteiger partial charge on any atom is 0.330 e. The second-order valence-corrected chi connectivity index (χ2v) is 5.77. The molecule has 0 bridgehead atoms. The van der Waals surface area contributed by atoms with Crippen LogP contribution in [0.5, 0.6) is 0 Å². The number of carbonyl (C=O) groups is 2. The number of urea groups is 1. The summed E-state index contributed by atoms with van der Waals surface area (Å²) in [5, 5.41) is 13.5. The number of nitrogens with one attached hydrogen (secondary N) is 2. The molecule has 0 unspecified atom stereocenters. The molecule has 0 radical (unpaired) electrons. The molecule has 2 amide bonds.